The lowest BCUT2D eigenvalue weighted by Gasteiger charge is -2.28. The lowest BCUT2D eigenvalue weighted by Crippen LogP contribution is -2.17. The molecular weight excluding hydrogens is 592 g/mol. The summed E-state index contributed by atoms with van der Waals surface area (Å²) in [6.07, 6.45) is 8.14. The molecule has 0 aliphatic carbocycles. The molecule has 4 heteroatoms. The minimum absolute atomic E-state index is 0.161. The summed E-state index contributed by atoms with van der Waals surface area (Å²) in [7, 11) is 0. The largest absolute Gasteiger partial charge is 0.508 e. The minimum Gasteiger partial charge on any atom is -0.508 e. The quantitative estimate of drug-likeness (QED) is 0.166. The molecule has 0 heterocycles. The van der Waals surface area contributed by atoms with Crippen molar-refractivity contribution in [2.24, 2.45) is 0 Å². The Kier molecular flexibility index (Phi) is 11.4. The van der Waals surface area contributed by atoms with Crippen LogP contribution in [0.2, 0.25) is 0 Å². The van der Waals surface area contributed by atoms with E-state index in [4.69, 9.17) is 10.2 Å². The van der Waals surface area contributed by atoms with Crippen molar-refractivity contribution in [2.75, 3.05) is 0 Å². The fraction of sp³-hybridized carbons (Fsp3) is 0.364. The number of hydrogen-bond acceptors (Lipinski definition) is 4. The molecule has 0 aliphatic rings. The minimum atomic E-state index is -0.161. The van der Waals surface area contributed by atoms with Gasteiger partial charge in [-0.25, -0.2) is 0 Å². The van der Waals surface area contributed by atoms with Crippen LogP contribution in [-0.4, -0.2) is 20.4 Å². The van der Waals surface area contributed by atoms with Crippen LogP contribution in [0.4, 0.5) is 0 Å². The molecule has 48 heavy (non-hydrogen) atoms. The highest BCUT2D eigenvalue weighted by molar-refractivity contribution is 5.73. The van der Waals surface area contributed by atoms with Crippen LogP contribution in [0.1, 0.15) is 128 Å². The highest BCUT2D eigenvalue weighted by Gasteiger charge is 2.27. The van der Waals surface area contributed by atoms with Gasteiger partial charge >= 0.3 is 0 Å². The van der Waals surface area contributed by atoms with Crippen molar-refractivity contribution in [3.63, 3.8) is 0 Å². The van der Waals surface area contributed by atoms with Crippen LogP contribution in [0.15, 0.2) is 72.8 Å². The first-order valence-electron chi connectivity index (χ1n) is 16.7. The summed E-state index contributed by atoms with van der Waals surface area (Å²) < 4.78 is 0. The van der Waals surface area contributed by atoms with Crippen molar-refractivity contribution < 1.29 is 20.4 Å². The van der Waals surface area contributed by atoms with Crippen LogP contribution >= 0.6 is 0 Å². The van der Waals surface area contributed by atoms with E-state index in [1.54, 1.807) is 24.3 Å². The molecule has 4 nitrogen and oxygen atoms in total. The van der Waals surface area contributed by atoms with Crippen molar-refractivity contribution in [1.82, 2.24) is 0 Å². The molecule has 4 N–H and O–H groups in total. The summed E-state index contributed by atoms with van der Waals surface area (Å²) in [4.78, 5) is 0. The molecule has 0 amide bonds. The molecule has 0 unspecified atom stereocenters. The molecule has 0 bridgehead atoms. The maximum absolute atomic E-state index is 11.0. The summed E-state index contributed by atoms with van der Waals surface area (Å²) in [6.45, 7) is 25.6. The van der Waals surface area contributed by atoms with Crippen LogP contribution in [0.3, 0.4) is 0 Å². The standard InChI is InChI=1S/C30H44O2.C14H12O2/c1-27(2,3)21-15-19(16-22(25(21)31)28(4,5)6)13-14-20-17-23(29(7,8)9)26(32)24(18-20)30(10,11)12;15-13-7-3-11(4-8-13)1-2-12-5-9-14(16)10-6-12/h13-18,31-32H,1-12H3;1-10,15-16H/b14-13+;2-1+. The van der Waals surface area contributed by atoms with Gasteiger partial charge in [-0.1, -0.05) is 132 Å². The van der Waals surface area contributed by atoms with E-state index in [1.807, 2.05) is 36.4 Å². The average Bonchev–Trinajstić information content (AvgIpc) is 2.95. The third-order valence-electron chi connectivity index (χ3n) is 8.22. The van der Waals surface area contributed by atoms with Gasteiger partial charge in [0.2, 0.25) is 0 Å². The number of hydrogen-bond donors (Lipinski definition) is 4. The van der Waals surface area contributed by atoms with Crippen LogP contribution in [0, 0.1) is 0 Å². The lowest BCUT2D eigenvalue weighted by atomic mass is 9.78. The van der Waals surface area contributed by atoms with Crippen LogP contribution in [0.25, 0.3) is 24.3 Å². The van der Waals surface area contributed by atoms with Gasteiger partial charge in [0, 0.05) is 22.3 Å². The van der Waals surface area contributed by atoms with Crippen LogP contribution in [-0.2, 0) is 21.7 Å². The second-order valence-electron chi connectivity index (χ2n) is 16.8. The first kappa shape index (κ1) is 38.0. The second-order valence-corrected chi connectivity index (χ2v) is 16.8. The summed E-state index contributed by atoms with van der Waals surface area (Å²) in [6, 6.07) is 22.3. The van der Waals surface area contributed by atoms with E-state index in [2.05, 4.69) is 120 Å². The first-order chi connectivity index (χ1) is 22.0. The first-order valence-corrected chi connectivity index (χ1v) is 16.7. The Labute approximate surface area is 289 Å². The Morgan fingerprint density at radius 2 is 0.542 bits per heavy atom. The van der Waals surface area contributed by atoms with E-state index in [9.17, 15) is 10.2 Å². The Morgan fingerprint density at radius 1 is 0.333 bits per heavy atom. The van der Waals surface area contributed by atoms with E-state index in [0.717, 1.165) is 44.5 Å². The smallest absolute Gasteiger partial charge is 0.123 e. The zero-order chi connectivity index (χ0) is 36.2. The molecule has 0 aliphatic heterocycles. The SMILES string of the molecule is CC(C)(C)c1cc(/C=C/c2cc(C(C)(C)C)c(O)c(C(C)(C)C)c2)cc(C(C)(C)C)c1O.Oc1ccc(/C=C/c2ccc(O)cc2)cc1. The van der Waals surface area contributed by atoms with E-state index < -0.39 is 0 Å². The van der Waals surface area contributed by atoms with Crippen molar-refractivity contribution in [1.29, 1.82) is 0 Å². The molecule has 4 aromatic rings. The van der Waals surface area contributed by atoms with Gasteiger partial charge in [0.05, 0.1) is 0 Å². The molecular formula is C44H56O4. The van der Waals surface area contributed by atoms with Crippen LogP contribution < -0.4 is 0 Å². The van der Waals surface area contributed by atoms with Crippen molar-refractivity contribution in [3.05, 3.63) is 117 Å². The summed E-state index contributed by atoms with van der Waals surface area (Å²) >= 11 is 0. The number of phenols is 4. The van der Waals surface area contributed by atoms with E-state index in [1.165, 1.54) is 0 Å². The fourth-order valence-electron chi connectivity index (χ4n) is 5.35. The van der Waals surface area contributed by atoms with Crippen molar-refractivity contribution >= 4 is 24.3 Å². The second kappa shape index (κ2) is 14.4. The summed E-state index contributed by atoms with van der Waals surface area (Å²) in [5, 5.41) is 40.2. The number of benzene rings is 4. The molecule has 0 saturated heterocycles. The normalized spacial score (nSPS) is 12.8. The van der Waals surface area contributed by atoms with E-state index in [-0.39, 0.29) is 33.2 Å². The average molecular weight is 649 g/mol. The number of aromatic hydroxyl groups is 4. The van der Waals surface area contributed by atoms with Gasteiger partial charge in [-0.3, -0.25) is 0 Å². The third kappa shape index (κ3) is 10.3. The highest BCUT2D eigenvalue weighted by Crippen LogP contribution is 2.42. The van der Waals surface area contributed by atoms with Gasteiger partial charge in [-0.2, -0.15) is 0 Å². The van der Waals surface area contributed by atoms with E-state index >= 15 is 0 Å². The van der Waals surface area contributed by atoms with Gasteiger partial charge in [-0.05, 0) is 92.4 Å². The molecule has 0 saturated carbocycles. The van der Waals surface area contributed by atoms with Crippen molar-refractivity contribution in [3.8, 4) is 23.0 Å². The Hall–Kier alpha value is -4.44. The molecule has 4 rings (SSSR count). The third-order valence-corrected chi connectivity index (χ3v) is 8.22. The molecule has 0 aromatic heterocycles. The molecule has 0 radical (unpaired) electrons. The maximum atomic E-state index is 11.0. The molecule has 0 atom stereocenters. The van der Waals surface area contributed by atoms with Crippen molar-refractivity contribution in [2.45, 2.75) is 105 Å². The Balaban J connectivity index is 0.000000324. The monoisotopic (exact) mass is 648 g/mol. The molecule has 0 fully saturated rings. The summed E-state index contributed by atoms with van der Waals surface area (Å²) in [5.74, 6) is 1.33. The van der Waals surface area contributed by atoms with Crippen LogP contribution in [0.5, 0.6) is 23.0 Å². The van der Waals surface area contributed by atoms with Gasteiger partial charge in [-0.15, -0.1) is 0 Å². The van der Waals surface area contributed by atoms with Gasteiger partial charge in [0.25, 0.3) is 0 Å². The fourth-order valence-corrected chi connectivity index (χ4v) is 5.35. The molecule has 4 aromatic carbocycles. The zero-order valence-corrected chi connectivity index (χ0v) is 31.0. The molecule has 256 valence electrons. The van der Waals surface area contributed by atoms with Gasteiger partial charge in [0.1, 0.15) is 23.0 Å². The predicted octanol–water partition coefficient (Wildman–Crippen LogP) is 11.7. The zero-order valence-electron chi connectivity index (χ0n) is 31.0. The number of phenolic OH excluding ortho intramolecular Hbond substituents is 4. The highest BCUT2D eigenvalue weighted by atomic mass is 16.3. The Morgan fingerprint density at radius 3 is 0.750 bits per heavy atom. The summed E-state index contributed by atoms with van der Waals surface area (Å²) in [5.41, 5.74) is 7.37. The Bertz CT molecular complexity index is 1540. The van der Waals surface area contributed by atoms with E-state index in [0.29, 0.717) is 11.5 Å². The number of rotatable bonds is 4. The molecule has 0 spiro atoms. The predicted molar refractivity (Wildman–Crippen MR) is 205 cm³/mol. The van der Waals surface area contributed by atoms with Gasteiger partial charge in [0.15, 0.2) is 0 Å². The maximum Gasteiger partial charge on any atom is 0.123 e. The topological polar surface area (TPSA) is 80.9 Å². The lowest BCUT2D eigenvalue weighted by molar-refractivity contribution is 0.422. The van der Waals surface area contributed by atoms with Gasteiger partial charge < -0.3 is 20.4 Å².